The smallest absolute Gasteiger partial charge is 0.379 e. The van der Waals surface area contributed by atoms with Gasteiger partial charge in [0.2, 0.25) is 0 Å². The topological polar surface area (TPSA) is 82.8 Å². The van der Waals surface area contributed by atoms with Crippen molar-refractivity contribution in [2.75, 3.05) is 28.4 Å². The molecule has 0 aliphatic rings. The molecule has 12 heavy (non-hydrogen) atoms. The summed E-state index contributed by atoms with van der Waals surface area (Å²) in [6, 6.07) is -0.495. The first-order valence-electron chi connectivity index (χ1n) is 3.17. The second kappa shape index (κ2) is 10.4. The number of carbonyl (C=O) groups is 1. The lowest BCUT2D eigenvalue weighted by molar-refractivity contribution is 0.163. The number of rotatable bonds is 3. The van der Waals surface area contributed by atoms with Gasteiger partial charge in [-0.1, -0.05) is 0 Å². The minimum absolute atomic E-state index is 0.495. The van der Waals surface area contributed by atoms with Crippen LogP contribution >= 0.6 is 0 Å². The zero-order valence-electron chi connectivity index (χ0n) is 7.79. The Labute approximate surface area is 73.9 Å². The van der Waals surface area contributed by atoms with E-state index in [0.29, 0.717) is 0 Å². The SMILES string of the molecule is CNC(N)=O.CO[SiH](OC)OC. The number of hydrogen-bond donors (Lipinski definition) is 2. The molecule has 0 aliphatic carbocycles. The van der Waals surface area contributed by atoms with Crippen molar-refractivity contribution in [3.05, 3.63) is 0 Å². The Hall–Kier alpha value is -0.633. The van der Waals surface area contributed by atoms with Crippen LogP contribution in [0, 0.1) is 0 Å². The van der Waals surface area contributed by atoms with Gasteiger partial charge in [0.1, 0.15) is 0 Å². The van der Waals surface area contributed by atoms with Crippen molar-refractivity contribution in [1.82, 2.24) is 5.32 Å². The van der Waals surface area contributed by atoms with E-state index in [1.54, 1.807) is 21.3 Å². The normalized spacial score (nSPS) is 8.75. The highest BCUT2D eigenvalue weighted by Gasteiger charge is 2.04. The third-order valence-electron chi connectivity index (χ3n) is 0.824. The first-order chi connectivity index (χ1) is 5.62. The highest BCUT2D eigenvalue weighted by Crippen LogP contribution is 1.81. The molecule has 3 N–H and O–H groups in total. The number of urea groups is 1. The molecule has 0 aromatic heterocycles. The molecular formula is C5H16N2O4Si. The second-order valence-corrected chi connectivity index (χ2v) is 3.60. The first kappa shape index (κ1) is 13.9. The Morgan fingerprint density at radius 2 is 1.50 bits per heavy atom. The number of hydrogen-bond acceptors (Lipinski definition) is 4. The van der Waals surface area contributed by atoms with Crippen molar-refractivity contribution >= 4 is 15.6 Å². The molecule has 0 fully saturated rings. The third kappa shape index (κ3) is 12.1. The summed E-state index contributed by atoms with van der Waals surface area (Å²) in [4.78, 5) is 9.48. The van der Waals surface area contributed by atoms with Crippen LogP contribution in [0.3, 0.4) is 0 Å². The van der Waals surface area contributed by atoms with Gasteiger partial charge in [-0.25, -0.2) is 4.79 Å². The van der Waals surface area contributed by atoms with E-state index in [9.17, 15) is 4.79 Å². The van der Waals surface area contributed by atoms with Crippen LogP contribution in [0.1, 0.15) is 0 Å². The maximum absolute atomic E-state index is 9.48. The van der Waals surface area contributed by atoms with Crippen LogP contribution in [0.4, 0.5) is 4.79 Å². The van der Waals surface area contributed by atoms with Crippen molar-refractivity contribution in [1.29, 1.82) is 0 Å². The average Bonchev–Trinajstić information content (AvgIpc) is 2.09. The standard InChI is InChI=1S/C3H10O3Si.C2H6N2O/c1-4-7(5-2)6-3;1-4-2(3)5/h7H,1-3H3;1H3,(H3,3,4,5). The first-order valence-corrected chi connectivity index (χ1v) is 4.59. The maximum atomic E-state index is 9.48. The fourth-order valence-electron chi connectivity index (χ4n) is 0.289. The molecule has 0 rings (SSSR count). The molecule has 2 amide bonds. The number of nitrogens with two attached hydrogens (primary N) is 1. The van der Waals surface area contributed by atoms with Crippen molar-refractivity contribution in [2.24, 2.45) is 5.73 Å². The van der Waals surface area contributed by atoms with Crippen LogP contribution in [-0.4, -0.2) is 43.9 Å². The van der Waals surface area contributed by atoms with Gasteiger partial charge >= 0.3 is 15.6 Å². The van der Waals surface area contributed by atoms with E-state index in [1.165, 1.54) is 7.05 Å². The zero-order valence-corrected chi connectivity index (χ0v) is 8.94. The summed E-state index contributed by atoms with van der Waals surface area (Å²) >= 11 is 0. The van der Waals surface area contributed by atoms with E-state index in [1.807, 2.05) is 0 Å². The van der Waals surface area contributed by atoms with Gasteiger partial charge in [0, 0.05) is 28.4 Å². The fourth-order valence-corrected chi connectivity index (χ4v) is 0.866. The molecule has 0 unspecified atom stereocenters. The van der Waals surface area contributed by atoms with E-state index in [4.69, 9.17) is 13.3 Å². The summed E-state index contributed by atoms with van der Waals surface area (Å²) in [5.74, 6) is 0. The fraction of sp³-hybridized carbons (Fsp3) is 0.800. The van der Waals surface area contributed by atoms with Gasteiger partial charge in [0.15, 0.2) is 0 Å². The van der Waals surface area contributed by atoms with E-state index in [-0.39, 0.29) is 0 Å². The predicted octanol–water partition coefficient (Wildman–Crippen LogP) is -1.07. The molecule has 0 spiro atoms. The zero-order chi connectivity index (χ0) is 9.98. The lowest BCUT2D eigenvalue weighted by Gasteiger charge is -2.05. The Morgan fingerprint density at radius 1 is 1.25 bits per heavy atom. The molecule has 0 radical (unpaired) electrons. The lowest BCUT2D eigenvalue weighted by Crippen LogP contribution is -2.24. The van der Waals surface area contributed by atoms with Crippen LogP contribution in [-0.2, 0) is 13.3 Å². The molecule has 0 saturated heterocycles. The monoisotopic (exact) mass is 196 g/mol. The molecule has 0 atom stereocenters. The molecule has 0 aromatic rings. The minimum atomic E-state index is -1.67. The van der Waals surface area contributed by atoms with Crippen LogP contribution in [0.15, 0.2) is 0 Å². The Morgan fingerprint density at radius 3 is 1.50 bits per heavy atom. The highest BCUT2D eigenvalue weighted by molar-refractivity contribution is 6.36. The molecule has 0 aliphatic heterocycles. The molecule has 0 bridgehead atoms. The van der Waals surface area contributed by atoms with E-state index < -0.39 is 15.6 Å². The van der Waals surface area contributed by atoms with Crippen molar-refractivity contribution in [3.8, 4) is 0 Å². The van der Waals surface area contributed by atoms with E-state index >= 15 is 0 Å². The van der Waals surface area contributed by atoms with Crippen LogP contribution in [0.2, 0.25) is 0 Å². The summed E-state index contributed by atoms with van der Waals surface area (Å²) in [5.41, 5.74) is 4.54. The summed E-state index contributed by atoms with van der Waals surface area (Å²) in [6.45, 7) is 0. The van der Waals surface area contributed by atoms with Gasteiger partial charge in [0.05, 0.1) is 0 Å². The summed E-state index contributed by atoms with van der Waals surface area (Å²) < 4.78 is 14.2. The minimum Gasteiger partial charge on any atom is -0.379 e. The van der Waals surface area contributed by atoms with Gasteiger partial charge in [-0.2, -0.15) is 0 Å². The van der Waals surface area contributed by atoms with Crippen molar-refractivity contribution < 1.29 is 18.1 Å². The Balaban J connectivity index is 0. The van der Waals surface area contributed by atoms with Gasteiger partial charge in [-0.15, -0.1) is 0 Å². The quantitative estimate of drug-likeness (QED) is 0.563. The number of carbonyl (C=O) groups excluding carboxylic acids is 1. The molecule has 0 heterocycles. The Bertz CT molecular complexity index is 104. The molecule has 74 valence electrons. The summed E-state index contributed by atoms with van der Waals surface area (Å²) in [5, 5.41) is 2.17. The second-order valence-electron chi connectivity index (χ2n) is 1.61. The van der Waals surface area contributed by atoms with Crippen molar-refractivity contribution in [3.63, 3.8) is 0 Å². The molecule has 6 nitrogen and oxygen atoms in total. The maximum Gasteiger partial charge on any atom is 0.483 e. The molecule has 7 heteroatoms. The van der Waals surface area contributed by atoms with Crippen molar-refractivity contribution in [2.45, 2.75) is 0 Å². The highest BCUT2D eigenvalue weighted by atomic mass is 28.3. The number of amides is 2. The third-order valence-corrected chi connectivity index (χ3v) is 1.98. The average molecular weight is 196 g/mol. The van der Waals surface area contributed by atoms with Gasteiger partial charge < -0.3 is 24.3 Å². The van der Waals surface area contributed by atoms with Crippen LogP contribution in [0.5, 0.6) is 0 Å². The van der Waals surface area contributed by atoms with Gasteiger partial charge in [-0.05, 0) is 0 Å². The summed E-state index contributed by atoms with van der Waals surface area (Å²) in [7, 11) is 4.52. The number of primary amides is 1. The molecular weight excluding hydrogens is 180 g/mol. The van der Waals surface area contributed by atoms with Crippen LogP contribution in [0.25, 0.3) is 0 Å². The Kier molecular flexibility index (Phi) is 12.0. The summed E-state index contributed by atoms with van der Waals surface area (Å²) in [6.07, 6.45) is 0. The van der Waals surface area contributed by atoms with Crippen LogP contribution < -0.4 is 11.1 Å². The molecule has 0 saturated carbocycles. The predicted molar refractivity (Wildman–Crippen MR) is 46.8 cm³/mol. The van der Waals surface area contributed by atoms with Gasteiger partial charge in [0.25, 0.3) is 0 Å². The lowest BCUT2D eigenvalue weighted by atomic mass is 11.1. The van der Waals surface area contributed by atoms with E-state index in [2.05, 4.69) is 11.1 Å². The largest absolute Gasteiger partial charge is 0.483 e. The molecule has 0 aromatic carbocycles. The van der Waals surface area contributed by atoms with E-state index in [0.717, 1.165) is 0 Å². The number of nitrogens with one attached hydrogen (secondary N) is 1. The van der Waals surface area contributed by atoms with Gasteiger partial charge in [-0.3, -0.25) is 0 Å².